The molecule has 0 spiro atoms. The number of hydrogen-bond donors (Lipinski definition) is 0. The number of aromatic nitrogens is 2. The van der Waals surface area contributed by atoms with Gasteiger partial charge >= 0.3 is 0 Å². The lowest BCUT2D eigenvalue weighted by Gasteiger charge is -2.08. The molecule has 1 saturated carbocycles. The van der Waals surface area contributed by atoms with Gasteiger partial charge in [0.05, 0.1) is 0 Å². The zero-order chi connectivity index (χ0) is 10.1. The van der Waals surface area contributed by atoms with Gasteiger partial charge in [0, 0.05) is 13.0 Å². The van der Waals surface area contributed by atoms with Gasteiger partial charge < -0.3 is 4.57 Å². The average molecular weight is 210 g/mol. The number of rotatable bonds is 1. The lowest BCUT2D eigenvalue weighted by molar-refractivity contribution is 0.632. The maximum absolute atomic E-state index is 8.79. The van der Waals surface area contributed by atoms with Crippen molar-refractivity contribution >= 4 is 11.6 Å². The summed E-state index contributed by atoms with van der Waals surface area (Å²) in [6, 6.07) is 2.02. The van der Waals surface area contributed by atoms with E-state index in [1.807, 2.05) is 17.7 Å². The van der Waals surface area contributed by atoms with Crippen molar-refractivity contribution in [1.82, 2.24) is 9.55 Å². The van der Waals surface area contributed by atoms with Gasteiger partial charge in [-0.05, 0) is 12.8 Å². The first-order chi connectivity index (χ1) is 6.74. The van der Waals surface area contributed by atoms with Crippen LogP contribution in [0.2, 0.25) is 5.15 Å². The van der Waals surface area contributed by atoms with Crippen LogP contribution >= 0.6 is 11.6 Å². The standard InChI is InChI=1S/C10H12ClN3/c1-14-9(11)8(6-12)13-10(14)7-4-2-3-5-7/h7H,2-5H2,1H3. The first kappa shape index (κ1) is 9.54. The molecule has 1 aliphatic carbocycles. The van der Waals surface area contributed by atoms with E-state index in [2.05, 4.69) is 4.98 Å². The van der Waals surface area contributed by atoms with Gasteiger partial charge in [-0.15, -0.1) is 0 Å². The maximum atomic E-state index is 8.79. The summed E-state index contributed by atoms with van der Waals surface area (Å²) >= 11 is 5.97. The molecule has 14 heavy (non-hydrogen) atoms. The molecule has 1 aromatic heterocycles. The molecule has 0 amide bonds. The topological polar surface area (TPSA) is 41.6 Å². The minimum Gasteiger partial charge on any atom is -0.321 e. The van der Waals surface area contributed by atoms with Crippen LogP contribution in [0.15, 0.2) is 0 Å². The Kier molecular flexibility index (Phi) is 2.47. The summed E-state index contributed by atoms with van der Waals surface area (Å²) in [5, 5.41) is 9.26. The Morgan fingerprint density at radius 3 is 2.64 bits per heavy atom. The Labute approximate surface area is 88.3 Å². The van der Waals surface area contributed by atoms with Crippen LogP contribution in [0, 0.1) is 11.3 Å². The quantitative estimate of drug-likeness (QED) is 0.714. The Morgan fingerprint density at radius 2 is 2.14 bits per heavy atom. The van der Waals surface area contributed by atoms with Crippen molar-refractivity contribution in [3.63, 3.8) is 0 Å². The molecule has 0 aromatic carbocycles. The van der Waals surface area contributed by atoms with E-state index >= 15 is 0 Å². The van der Waals surface area contributed by atoms with Gasteiger partial charge in [0.25, 0.3) is 0 Å². The number of hydrogen-bond acceptors (Lipinski definition) is 2. The van der Waals surface area contributed by atoms with Crippen LogP contribution < -0.4 is 0 Å². The van der Waals surface area contributed by atoms with Crippen molar-refractivity contribution in [3.8, 4) is 6.07 Å². The minimum absolute atomic E-state index is 0.357. The van der Waals surface area contributed by atoms with E-state index in [-0.39, 0.29) is 0 Å². The molecule has 1 fully saturated rings. The van der Waals surface area contributed by atoms with E-state index in [1.165, 1.54) is 25.7 Å². The van der Waals surface area contributed by atoms with Crippen molar-refractivity contribution in [1.29, 1.82) is 5.26 Å². The predicted octanol–water partition coefficient (Wildman–Crippen LogP) is 2.60. The molecule has 1 heterocycles. The van der Waals surface area contributed by atoms with Crippen molar-refractivity contribution in [2.24, 2.45) is 7.05 Å². The van der Waals surface area contributed by atoms with Gasteiger partial charge in [0.2, 0.25) is 0 Å². The Morgan fingerprint density at radius 1 is 1.50 bits per heavy atom. The zero-order valence-corrected chi connectivity index (χ0v) is 8.88. The number of nitriles is 1. The fourth-order valence-electron chi connectivity index (χ4n) is 2.12. The summed E-state index contributed by atoms with van der Waals surface area (Å²) in [5.74, 6) is 1.48. The van der Waals surface area contributed by atoms with E-state index in [1.54, 1.807) is 0 Å². The Balaban J connectivity index is 2.39. The molecule has 0 bridgehead atoms. The molecule has 2 rings (SSSR count). The molecule has 3 nitrogen and oxygen atoms in total. The van der Waals surface area contributed by atoms with Crippen LogP contribution in [-0.4, -0.2) is 9.55 Å². The molecule has 0 unspecified atom stereocenters. The fourth-order valence-corrected chi connectivity index (χ4v) is 2.29. The van der Waals surface area contributed by atoms with E-state index in [0.29, 0.717) is 16.8 Å². The Hall–Kier alpha value is -1.01. The van der Waals surface area contributed by atoms with Crippen LogP contribution in [0.4, 0.5) is 0 Å². The molecule has 1 aromatic rings. The van der Waals surface area contributed by atoms with Crippen LogP contribution in [0.5, 0.6) is 0 Å². The van der Waals surface area contributed by atoms with E-state index in [0.717, 1.165) is 5.82 Å². The van der Waals surface area contributed by atoms with Gasteiger partial charge in [0.1, 0.15) is 17.0 Å². The van der Waals surface area contributed by atoms with Gasteiger partial charge in [-0.2, -0.15) is 5.26 Å². The fraction of sp³-hybridized carbons (Fsp3) is 0.600. The van der Waals surface area contributed by atoms with Crippen LogP contribution in [0.25, 0.3) is 0 Å². The summed E-state index contributed by atoms with van der Waals surface area (Å²) < 4.78 is 1.84. The van der Waals surface area contributed by atoms with Gasteiger partial charge in [-0.3, -0.25) is 0 Å². The molecule has 0 radical (unpaired) electrons. The summed E-state index contributed by atoms with van der Waals surface area (Å²) in [5.41, 5.74) is 0.357. The highest BCUT2D eigenvalue weighted by Gasteiger charge is 2.23. The van der Waals surface area contributed by atoms with Crippen molar-refractivity contribution in [3.05, 3.63) is 16.7 Å². The SMILES string of the molecule is Cn1c(C2CCCC2)nc(C#N)c1Cl. The molecular weight excluding hydrogens is 198 g/mol. The van der Waals surface area contributed by atoms with Crippen LogP contribution in [-0.2, 0) is 7.05 Å². The van der Waals surface area contributed by atoms with E-state index in [4.69, 9.17) is 16.9 Å². The van der Waals surface area contributed by atoms with E-state index < -0.39 is 0 Å². The monoisotopic (exact) mass is 209 g/mol. The molecule has 4 heteroatoms. The third-order valence-electron chi connectivity index (χ3n) is 2.89. The van der Waals surface area contributed by atoms with Crippen LogP contribution in [0.1, 0.15) is 43.1 Å². The van der Waals surface area contributed by atoms with Crippen molar-refractivity contribution in [2.75, 3.05) is 0 Å². The molecular formula is C10H12ClN3. The number of nitrogens with zero attached hydrogens (tertiary/aromatic N) is 3. The van der Waals surface area contributed by atoms with Crippen LogP contribution in [0.3, 0.4) is 0 Å². The summed E-state index contributed by atoms with van der Waals surface area (Å²) in [6.45, 7) is 0. The maximum Gasteiger partial charge on any atom is 0.177 e. The zero-order valence-electron chi connectivity index (χ0n) is 8.13. The van der Waals surface area contributed by atoms with Crippen molar-refractivity contribution < 1.29 is 0 Å². The second-order valence-corrected chi connectivity index (χ2v) is 4.12. The first-order valence-corrected chi connectivity index (χ1v) is 5.24. The number of halogens is 1. The lowest BCUT2D eigenvalue weighted by Crippen LogP contribution is -2.02. The second-order valence-electron chi connectivity index (χ2n) is 3.76. The van der Waals surface area contributed by atoms with E-state index in [9.17, 15) is 0 Å². The highest BCUT2D eigenvalue weighted by atomic mass is 35.5. The summed E-state index contributed by atoms with van der Waals surface area (Å²) in [6.07, 6.45) is 4.87. The van der Waals surface area contributed by atoms with Gasteiger partial charge in [0.15, 0.2) is 5.69 Å². The smallest absolute Gasteiger partial charge is 0.177 e. The first-order valence-electron chi connectivity index (χ1n) is 4.86. The summed E-state index contributed by atoms with van der Waals surface area (Å²) in [4.78, 5) is 4.28. The number of imidazole rings is 1. The lowest BCUT2D eigenvalue weighted by atomic mass is 10.1. The molecule has 0 aliphatic heterocycles. The highest BCUT2D eigenvalue weighted by Crippen LogP contribution is 2.34. The molecule has 1 aliphatic rings. The average Bonchev–Trinajstić information content (AvgIpc) is 2.78. The predicted molar refractivity (Wildman–Crippen MR) is 54.1 cm³/mol. The molecule has 0 atom stereocenters. The molecule has 0 N–H and O–H groups in total. The minimum atomic E-state index is 0.357. The Bertz CT molecular complexity index is 383. The summed E-state index contributed by atoms with van der Waals surface area (Å²) in [7, 11) is 1.88. The third kappa shape index (κ3) is 1.40. The normalized spacial score (nSPS) is 17.2. The van der Waals surface area contributed by atoms with Gasteiger partial charge in [-0.25, -0.2) is 4.98 Å². The second kappa shape index (κ2) is 3.62. The third-order valence-corrected chi connectivity index (χ3v) is 3.32. The molecule has 0 saturated heterocycles. The van der Waals surface area contributed by atoms with Crippen molar-refractivity contribution in [2.45, 2.75) is 31.6 Å². The molecule has 74 valence electrons. The largest absolute Gasteiger partial charge is 0.321 e. The highest BCUT2D eigenvalue weighted by molar-refractivity contribution is 6.30. The van der Waals surface area contributed by atoms with Gasteiger partial charge in [-0.1, -0.05) is 24.4 Å².